The second-order valence-electron chi connectivity index (χ2n) is 6.66. The summed E-state index contributed by atoms with van der Waals surface area (Å²) in [6.07, 6.45) is 1.35. The molecule has 1 aromatic carbocycles. The minimum absolute atomic E-state index is 0.210. The first-order chi connectivity index (χ1) is 14.0. The summed E-state index contributed by atoms with van der Waals surface area (Å²) >= 11 is 0. The van der Waals surface area contributed by atoms with Gasteiger partial charge in [-0.25, -0.2) is 4.98 Å². The van der Waals surface area contributed by atoms with Crippen LogP contribution in [0.5, 0.6) is 5.88 Å². The Morgan fingerprint density at radius 2 is 1.97 bits per heavy atom. The summed E-state index contributed by atoms with van der Waals surface area (Å²) in [4.78, 5) is 31.0. The zero-order valence-electron chi connectivity index (χ0n) is 15.9. The van der Waals surface area contributed by atoms with Crippen molar-refractivity contribution in [3.8, 4) is 5.88 Å². The van der Waals surface area contributed by atoms with Crippen LogP contribution in [0.2, 0.25) is 0 Å². The zero-order chi connectivity index (χ0) is 20.4. The van der Waals surface area contributed by atoms with E-state index in [9.17, 15) is 9.59 Å². The van der Waals surface area contributed by atoms with Gasteiger partial charge in [-0.3, -0.25) is 9.59 Å². The Labute approximate surface area is 166 Å². The van der Waals surface area contributed by atoms with E-state index in [1.807, 2.05) is 30.3 Å². The van der Waals surface area contributed by atoms with Crippen LogP contribution in [0.15, 0.2) is 53.1 Å². The highest BCUT2D eigenvalue weighted by molar-refractivity contribution is 6.02. The van der Waals surface area contributed by atoms with Crippen LogP contribution in [-0.2, 0) is 11.2 Å². The summed E-state index contributed by atoms with van der Waals surface area (Å²) in [5.41, 5.74) is 1.51. The molecule has 0 bridgehead atoms. The molecule has 2 amide bonds. The number of aromatic nitrogens is 3. The van der Waals surface area contributed by atoms with Gasteiger partial charge in [0, 0.05) is 13.2 Å². The lowest BCUT2D eigenvalue weighted by molar-refractivity contribution is -0.121. The van der Waals surface area contributed by atoms with Gasteiger partial charge in [-0.15, -0.1) is 10.2 Å². The molecule has 1 N–H and O–H groups in total. The second-order valence-corrected chi connectivity index (χ2v) is 6.66. The van der Waals surface area contributed by atoms with Crippen LogP contribution < -0.4 is 15.0 Å². The van der Waals surface area contributed by atoms with Crippen molar-refractivity contribution in [3.63, 3.8) is 0 Å². The zero-order valence-corrected chi connectivity index (χ0v) is 15.9. The number of benzene rings is 1. The van der Waals surface area contributed by atoms with Crippen molar-refractivity contribution < 1.29 is 18.7 Å². The largest absolute Gasteiger partial charge is 0.470 e. The number of rotatable bonds is 4. The van der Waals surface area contributed by atoms with Gasteiger partial charge in [0.15, 0.2) is 0 Å². The molecule has 1 aliphatic rings. The van der Waals surface area contributed by atoms with Gasteiger partial charge in [-0.2, -0.15) is 0 Å². The smallest absolute Gasteiger partial charge is 0.309 e. The summed E-state index contributed by atoms with van der Waals surface area (Å²) in [5, 5.41) is 10.4. The highest BCUT2D eigenvalue weighted by Crippen LogP contribution is 2.29. The van der Waals surface area contributed by atoms with Gasteiger partial charge in [-0.1, -0.05) is 30.3 Å². The Bertz CT molecular complexity index is 1040. The number of pyridine rings is 1. The van der Waals surface area contributed by atoms with Gasteiger partial charge in [0.05, 0.1) is 6.42 Å². The topological polar surface area (TPSA) is 110 Å². The van der Waals surface area contributed by atoms with Gasteiger partial charge < -0.3 is 19.4 Å². The number of nitrogens with one attached hydrogen (secondary N) is 1. The summed E-state index contributed by atoms with van der Waals surface area (Å²) < 4.78 is 11.2. The maximum Gasteiger partial charge on any atom is 0.309 e. The average molecular weight is 393 g/mol. The first-order valence-electron chi connectivity index (χ1n) is 9.09. The lowest BCUT2D eigenvalue weighted by Crippen LogP contribution is -2.53. The van der Waals surface area contributed by atoms with E-state index in [4.69, 9.17) is 9.15 Å². The van der Waals surface area contributed by atoms with Crippen molar-refractivity contribution in [2.75, 3.05) is 11.9 Å². The number of hydrogen-bond acceptors (Lipinski definition) is 7. The molecule has 0 saturated carbocycles. The van der Waals surface area contributed by atoms with Crippen molar-refractivity contribution in [2.45, 2.75) is 25.5 Å². The fraction of sp³-hybridized carbons (Fsp3) is 0.250. The number of amides is 2. The summed E-state index contributed by atoms with van der Waals surface area (Å²) in [7, 11) is 1.61. The highest BCUT2D eigenvalue weighted by atomic mass is 16.5. The molecule has 148 valence electrons. The average Bonchev–Trinajstić information content (AvgIpc) is 3.17. The molecule has 2 aromatic heterocycles. The monoisotopic (exact) mass is 393 g/mol. The number of anilines is 1. The van der Waals surface area contributed by atoms with Crippen LogP contribution in [-0.4, -0.2) is 46.2 Å². The molecule has 1 aliphatic heterocycles. The van der Waals surface area contributed by atoms with E-state index in [1.54, 1.807) is 32.3 Å². The highest BCUT2D eigenvalue weighted by Gasteiger charge is 2.37. The van der Waals surface area contributed by atoms with Crippen molar-refractivity contribution in [3.05, 3.63) is 66.0 Å². The molecule has 0 spiro atoms. The molecule has 9 nitrogen and oxygen atoms in total. The predicted octanol–water partition coefficient (Wildman–Crippen LogP) is 1.60. The van der Waals surface area contributed by atoms with Crippen molar-refractivity contribution in [2.24, 2.45) is 0 Å². The van der Waals surface area contributed by atoms with Crippen molar-refractivity contribution in [1.82, 2.24) is 20.5 Å². The Kier molecular flexibility index (Phi) is 4.94. The van der Waals surface area contributed by atoms with E-state index >= 15 is 0 Å². The number of nitrogens with zero attached hydrogens (tertiary/aromatic N) is 4. The van der Waals surface area contributed by atoms with Crippen LogP contribution >= 0.6 is 0 Å². The molecule has 3 aromatic rings. The number of fused-ring (bicyclic) bond motifs is 1. The Morgan fingerprint density at radius 1 is 1.17 bits per heavy atom. The standard InChI is InChI=1S/C20H19N5O4/c1-12-16(20(27)25(2)14-9-6-10-21-18(14)28-12)22-17(26)19-24-23-15(29-19)11-13-7-4-3-5-8-13/h3-10,12,16H,11H2,1-2H3,(H,22,26)/t12-,16+/m1/s1. The van der Waals surface area contributed by atoms with Gasteiger partial charge in [0.2, 0.25) is 11.8 Å². The third-order valence-electron chi connectivity index (χ3n) is 4.62. The summed E-state index contributed by atoms with van der Waals surface area (Å²) in [6, 6.07) is 12.1. The molecule has 0 radical (unpaired) electrons. The van der Waals surface area contributed by atoms with Crippen molar-refractivity contribution in [1.29, 1.82) is 0 Å². The third-order valence-corrected chi connectivity index (χ3v) is 4.62. The third kappa shape index (κ3) is 3.79. The molecule has 2 atom stereocenters. The van der Waals surface area contributed by atoms with Gasteiger partial charge in [-0.05, 0) is 24.6 Å². The predicted molar refractivity (Wildman–Crippen MR) is 103 cm³/mol. The maximum atomic E-state index is 12.9. The van der Waals surface area contributed by atoms with Crippen LogP contribution in [0.1, 0.15) is 29.1 Å². The molecule has 9 heteroatoms. The van der Waals surface area contributed by atoms with Crippen LogP contribution in [0.3, 0.4) is 0 Å². The van der Waals surface area contributed by atoms with E-state index in [0.29, 0.717) is 23.9 Å². The molecule has 3 heterocycles. The van der Waals surface area contributed by atoms with Crippen molar-refractivity contribution >= 4 is 17.5 Å². The summed E-state index contributed by atoms with van der Waals surface area (Å²) in [6.45, 7) is 1.69. The van der Waals surface area contributed by atoms with E-state index < -0.39 is 18.1 Å². The lowest BCUT2D eigenvalue weighted by atomic mass is 10.1. The van der Waals surface area contributed by atoms with Gasteiger partial charge in [0.25, 0.3) is 5.91 Å². The summed E-state index contributed by atoms with van der Waals surface area (Å²) in [5.74, 6) is -0.542. The number of hydrogen-bond donors (Lipinski definition) is 1. The number of ether oxygens (including phenoxy) is 1. The molecular weight excluding hydrogens is 374 g/mol. The first-order valence-corrected chi connectivity index (χ1v) is 9.09. The maximum absolute atomic E-state index is 12.9. The Morgan fingerprint density at radius 3 is 2.76 bits per heavy atom. The molecule has 4 rings (SSSR count). The molecule has 0 fully saturated rings. The van der Waals surface area contributed by atoms with E-state index in [0.717, 1.165) is 5.56 Å². The molecular formula is C20H19N5O4. The van der Waals surface area contributed by atoms with E-state index in [2.05, 4.69) is 20.5 Å². The van der Waals surface area contributed by atoms with Gasteiger partial charge in [0.1, 0.15) is 17.8 Å². The molecule has 29 heavy (non-hydrogen) atoms. The molecule has 0 saturated heterocycles. The fourth-order valence-corrected chi connectivity index (χ4v) is 3.07. The number of carbonyl (C=O) groups is 2. The first kappa shape index (κ1) is 18.6. The Balaban J connectivity index is 1.49. The van der Waals surface area contributed by atoms with Crippen LogP contribution in [0.4, 0.5) is 5.69 Å². The van der Waals surface area contributed by atoms with Crippen LogP contribution in [0, 0.1) is 0 Å². The lowest BCUT2D eigenvalue weighted by Gasteiger charge is -2.22. The molecule has 0 unspecified atom stereocenters. The minimum Gasteiger partial charge on any atom is -0.470 e. The van der Waals surface area contributed by atoms with E-state index in [1.165, 1.54) is 4.90 Å². The van der Waals surface area contributed by atoms with Gasteiger partial charge >= 0.3 is 11.8 Å². The fourth-order valence-electron chi connectivity index (χ4n) is 3.07. The molecule has 0 aliphatic carbocycles. The minimum atomic E-state index is -0.939. The SMILES string of the molecule is C[C@H]1Oc2ncccc2N(C)C(=O)[C@H]1NC(=O)c1nnc(Cc2ccccc2)o1. The van der Waals surface area contributed by atoms with Crippen LogP contribution in [0.25, 0.3) is 0 Å². The quantitative estimate of drug-likeness (QED) is 0.717. The second kappa shape index (κ2) is 7.70. The normalized spacial score (nSPS) is 18.6. The number of likely N-dealkylation sites (N-methyl/N-ethyl adjacent to an activating group) is 1. The Hall–Kier alpha value is -3.75. The van der Waals surface area contributed by atoms with E-state index in [-0.39, 0.29) is 11.8 Å². The number of carbonyl (C=O) groups excluding carboxylic acids is 2.